The van der Waals surface area contributed by atoms with Crippen LogP contribution in [0.4, 0.5) is 0 Å². The van der Waals surface area contributed by atoms with Gasteiger partial charge < -0.3 is 18.3 Å². The van der Waals surface area contributed by atoms with Crippen molar-refractivity contribution in [3.05, 3.63) is 235 Å². The number of nitriles is 1. The van der Waals surface area contributed by atoms with Gasteiger partial charge in [-0.15, -0.1) is 0 Å². The summed E-state index contributed by atoms with van der Waals surface area (Å²) >= 11 is 1.74. The van der Waals surface area contributed by atoms with Gasteiger partial charge in [-0.1, -0.05) is 127 Å². The third-order valence-electron chi connectivity index (χ3n) is 13.9. The number of aromatic nitrogens is 4. The Hall–Kier alpha value is -8.76. The topological polar surface area (TPSA) is 43.5 Å². The molecule has 0 unspecified atom stereocenters. The zero-order chi connectivity index (χ0) is 44.9. The van der Waals surface area contributed by atoms with Gasteiger partial charge in [0.2, 0.25) is 0 Å². The van der Waals surface area contributed by atoms with E-state index >= 15 is 0 Å². The Morgan fingerprint density at radius 3 is 1.24 bits per heavy atom. The summed E-state index contributed by atoms with van der Waals surface area (Å²) in [6.07, 6.45) is 7.86. The van der Waals surface area contributed by atoms with Crippen LogP contribution in [0.3, 0.4) is 0 Å². The van der Waals surface area contributed by atoms with Crippen molar-refractivity contribution in [3.63, 3.8) is 0 Å². The van der Waals surface area contributed by atoms with Gasteiger partial charge in [-0.2, -0.15) is 5.26 Å². The van der Waals surface area contributed by atoms with E-state index in [1.165, 1.54) is 81.9 Å². The minimum atomic E-state index is 0.655. The van der Waals surface area contributed by atoms with Crippen molar-refractivity contribution in [2.24, 2.45) is 0 Å². The van der Waals surface area contributed by atoms with Crippen LogP contribution in [0, 0.1) is 11.3 Å². The molecule has 0 radical (unpaired) electrons. The van der Waals surface area contributed by atoms with Gasteiger partial charge in [-0.05, 0) is 109 Å². The molecule has 318 valence electrons. The summed E-state index contributed by atoms with van der Waals surface area (Å²) < 4.78 is 9.81. The van der Waals surface area contributed by atoms with E-state index in [2.05, 4.69) is 237 Å². The van der Waals surface area contributed by atoms with Gasteiger partial charge in [-0.3, -0.25) is 0 Å². The molecule has 1 aliphatic rings. The minimum absolute atomic E-state index is 0.655. The first kappa shape index (κ1) is 38.5. The average Bonchev–Trinajstić information content (AvgIpc) is 4.08. The molecule has 0 bridgehead atoms. The minimum Gasteiger partial charge on any atom is -0.313 e. The summed E-state index contributed by atoms with van der Waals surface area (Å²) in [4.78, 5) is 2.22. The van der Waals surface area contributed by atoms with Gasteiger partial charge in [0.1, 0.15) is 0 Å². The van der Waals surface area contributed by atoms with E-state index in [1.807, 2.05) is 12.1 Å². The normalized spacial score (nSPS) is 13.2. The predicted molar refractivity (Wildman–Crippen MR) is 286 cm³/mol. The van der Waals surface area contributed by atoms with Crippen molar-refractivity contribution in [2.75, 3.05) is 0 Å². The second-order valence-electron chi connectivity index (χ2n) is 17.5. The molecular formula is C62H39N5S. The Morgan fingerprint density at radius 2 is 0.765 bits per heavy atom. The predicted octanol–water partition coefficient (Wildman–Crippen LogP) is 16.4. The Labute approximate surface area is 395 Å². The van der Waals surface area contributed by atoms with E-state index in [0.29, 0.717) is 12.0 Å². The third kappa shape index (κ3) is 5.70. The lowest BCUT2D eigenvalue weighted by Crippen LogP contribution is -2.00. The molecular weight excluding hydrogens is 847 g/mol. The highest BCUT2D eigenvalue weighted by Crippen LogP contribution is 2.46. The second-order valence-corrected chi connectivity index (χ2v) is 18.7. The molecule has 4 aromatic heterocycles. The zero-order valence-corrected chi connectivity index (χ0v) is 37.5. The maximum atomic E-state index is 9.63. The van der Waals surface area contributed by atoms with E-state index in [9.17, 15) is 5.26 Å². The van der Waals surface area contributed by atoms with Crippen molar-refractivity contribution >= 4 is 110 Å². The number of thioether (sulfide) groups is 1. The molecule has 4 heterocycles. The first-order valence-electron chi connectivity index (χ1n) is 23.0. The highest BCUT2D eigenvalue weighted by atomic mass is 32.2. The van der Waals surface area contributed by atoms with Crippen LogP contribution in [-0.4, -0.2) is 18.3 Å². The summed E-state index contributed by atoms with van der Waals surface area (Å²) in [5.74, 6) is 0. The van der Waals surface area contributed by atoms with Gasteiger partial charge >= 0.3 is 0 Å². The summed E-state index contributed by atoms with van der Waals surface area (Å²) in [6.45, 7) is 0. The summed E-state index contributed by atoms with van der Waals surface area (Å²) in [5, 5.41) is 19.5. The molecule has 0 spiro atoms. The van der Waals surface area contributed by atoms with Gasteiger partial charge in [0.25, 0.3) is 0 Å². The van der Waals surface area contributed by atoms with Gasteiger partial charge in [-0.25, -0.2) is 0 Å². The molecule has 0 saturated carbocycles. The smallest absolute Gasteiger partial charge is 0.0991 e. The molecule has 68 heavy (non-hydrogen) atoms. The largest absolute Gasteiger partial charge is 0.313 e. The SMILES string of the molecule is N#Cc1ccc(SC2=CCC(n3c4ccccc4c4c5c6ccccc6n(-c6ccccc6)c5ccc43)=CC(n3c4ccccc4c4c5c6ccccc6n(-c6ccccc6)c5ccc43)=C2)cc1. The zero-order valence-electron chi connectivity index (χ0n) is 36.7. The molecule has 0 N–H and O–H groups in total. The van der Waals surface area contributed by atoms with Crippen LogP contribution in [0.5, 0.6) is 0 Å². The lowest BCUT2D eigenvalue weighted by molar-refractivity contribution is 1.13. The first-order valence-corrected chi connectivity index (χ1v) is 23.9. The maximum Gasteiger partial charge on any atom is 0.0991 e. The first-order chi connectivity index (χ1) is 33.7. The lowest BCUT2D eigenvalue weighted by Gasteiger charge is -2.14. The van der Waals surface area contributed by atoms with Crippen LogP contribution >= 0.6 is 11.8 Å². The standard InChI is InChI=1S/C62H39N5S/c63-39-40-27-30-45(31-28-40)68-46-32-29-43(66-53-25-13-9-21-49(53)61-57(66)35-33-55-59(61)47-19-7-11-23-51(47)64(55)41-15-3-1-4-16-41)37-44(38-46)67-54-26-14-10-22-50(54)62-58(67)36-34-56-60(62)48-20-8-12-24-52(48)65(56)42-17-5-2-6-18-42/h1-28,30-38H,29H2. The Balaban J connectivity index is 1.05. The molecule has 0 saturated heterocycles. The highest BCUT2D eigenvalue weighted by molar-refractivity contribution is 8.03. The molecule has 14 rings (SSSR count). The number of nitrogens with zero attached hydrogens (tertiary/aromatic N) is 5. The van der Waals surface area contributed by atoms with E-state index in [-0.39, 0.29) is 0 Å². The molecule has 6 heteroatoms. The van der Waals surface area contributed by atoms with E-state index in [0.717, 1.165) is 37.9 Å². The van der Waals surface area contributed by atoms with Crippen LogP contribution in [0.25, 0.3) is 110 Å². The fourth-order valence-corrected chi connectivity index (χ4v) is 12.0. The number of benzene rings is 9. The fraction of sp³-hybridized carbons (Fsp3) is 0.0161. The van der Waals surface area contributed by atoms with Crippen LogP contribution in [0.1, 0.15) is 12.0 Å². The van der Waals surface area contributed by atoms with E-state index < -0.39 is 0 Å². The highest BCUT2D eigenvalue weighted by Gasteiger charge is 2.25. The lowest BCUT2D eigenvalue weighted by atomic mass is 10.1. The van der Waals surface area contributed by atoms with E-state index in [4.69, 9.17) is 0 Å². The second kappa shape index (κ2) is 15.1. The third-order valence-corrected chi connectivity index (χ3v) is 14.9. The Morgan fingerprint density at radius 1 is 0.368 bits per heavy atom. The number of para-hydroxylation sites is 6. The molecule has 0 atom stereocenters. The molecule has 9 aromatic carbocycles. The quantitative estimate of drug-likeness (QED) is 0.167. The molecule has 5 nitrogen and oxygen atoms in total. The van der Waals surface area contributed by atoms with Crippen LogP contribution in [0.15, 0.2) is 234 Å². The molecule has 0 fully saturated rings. The molecule has 1 aliphatic carbocycles. The van der Waals surface area contributed by atoms with Gasteiger partial charge in [0.05, 0.1) is 55.8 Å². The molecule has 0 aliphatic heterocycles. The number of fused-ring (bicyclic) bond motifs is 14. The number of hydrogen-bond donors (Lipinski definition) is 0. The van der Waals surface area contributed by atoms with Crippen molar-refractivity contribution in [3.8, 4) is 17.4 Å². The monoisotopic (exact) mass is 885 g/mol. The average molecular weight is 886 g/mol. The molecule has 13 aromatic rings. The number of rotatable bonds is 6. The van der Waals surface area contributed by atoms with Gasteiger partial charge in [0.15, 0.2) is 0 Å². The summed E-state index contributed by atoms with van der Waals surface area (Å²) in [6, 6.07) is 76.4. The Bertz CT molecular complexity index is 4360. The maximum absolute atomic E-state index is 9.63. The Kier molecular flexibility index (Phi) is 8.58. The number of hydrogen-bond acceptors (Lipinski definition) is 2. The number of allylic oxidation sites excluding steroid dienone is 5. The van der Waals surface area contributed by atoms with Crippen molar-refractivity contribution < 1.29 is 0 Å². The summed E-state index contributed by atoms with van der Waals surface area (Å²) in [5.41, 5.74) is 14.6. The molecule has 0 amide bonds. The fourth-order valence-electron chi connectivity index (χ4n) is 11.1. The van der Waals surface area contributed by atoms with Crippen LogP contribution in [0.2, 0.25) is 0 Å². The van der Waals surface area contributed by atoms with Crippen molar-refractivity contribution in [1.29, 1.82) is 5.26 Å². The van der Waals surface area contributed by atoms with Crippen molar-refractivity contribution in [1.82, 2.24) is 18.3 Å². The van der Waals surface area contributed by atoms with Crippen LogP contribution in [-0.2, 0) is 0 Å². The van der Waals surface area contributed by atoms with Gasteiger partial charge in [0, 0.05) is 82.1 Å². The van der Waals surface area contributed by atoms with Crippen molar-refractivity contribution in [2.45, 2.75) is 11.3 Å². The summed E-state index contributed by atoms with van der Waals surface area (Å²) in [7, 11) is 0. The van der Waals surface area contributed by atoms with E-state index in [1.54, 1.807) is 11.8 Å². The van der Waals surface area contributed by atoms with Crippen LogP contribution < -0.4 is 0 Å².